The fourth-order valence-corrected chi connectivity index (χ4v) is 4.15. The van der Waals surface area contributed by atoms with E-state index in [-0.39, 0.29) is 47.5 Å². The second-order valence-corrected chi connectivity index (χ2v) is 7.25. The Morgan fingerprint density at radius 1 is 1.34 bits per heavy atom. The summed E-state index contributed by atoms with van der Waals surface area (Å²) in [6, 6.07) is 6.63. The van der Waals surface area contributed by atoms with Crippen LogP contribution in [0.4, 0.5) is 4.39 Å². The number of hydrogen-bond acceptors (Lipinski definition) is 6. The van der Waals surface area contributed by atoms with Crippen LogP contribution in [0.15, 0.2) is 29.1 Å². The highest BCUT2D eigenvalue weighted by Crippen LogP contribution is 2.39. The van der Waals surface area contributed by atoms with E-state index in [1.165, 1.54) is 17.7 Å². The highest BCUT2D eigenvalue weighted by atomic mass is 19.1. The van der Waals surface area contributed by atoms with Crippen molar-refractivity contribution in [1.82, 2.24) is 9.55 Å². The van der Waals surface area contributed by atoms with Crippen LogP contribution in [0.1, 0.15) is 30.0 Å². The number of ether oxygens (including phenoxy) is 2. The van der Waals surface area contributed by atoms with Gasteiger partial charge in [-0.3, -0.25) is 4.79 Å². The van der Waals surface area contributed by atoms with Crippen molar-refractivity contribution < 1.29 is 23.8 Å². The van der Waals surface area contributed by atoms with Gasteiger partial charge in [-0.15, -0.1) is 0 Å². The van der Waals surface area contributed by atoms with Crippen LogP contribution in [0.2, 0.25) is 0 Å². The van der Waals surface area contributed by atoms with Crippen LogP contribution >= 0.6 is 0 Å². The minimum Gasteiger partial charge on any atom is -0.494 e. The second-order valence-electron chi connectivity index (χ2n) is 7.25. The minimum atomic E-state index is -1.89. The molecule has 5 rings (SSSR count). The van der Waals surface area contributed by atoms with Crippen molar-refractivity contribution in [3.63, 3.8) is 0 Å². The Kier molecular flexibility index (Phi) is 3.61. The molecule has 148 valence electrons. The summed E-state index contributed by atoms with van der Waals surface area (Å²) in [6.07, 6.45) is 0.0611. The van der Waals surface area contributed by atoms with Crippen LogP contribution < -0.4 is 10.3 Å². The molecule has 4 heterocycles. The molecule has 1 atom stereocenters. The number of esters is 1. The lowest BCUT2D eigenvalue weighted by atomic mass is 9.86. The monoisotopic (exact) mass is 396 g/mol. The zero-order valence-corrected chi connectivity index (χ0v) is 15.8. The van der Waals surface area contributed by atoms with Gasteiger partial charge in [-0.1, -0.05) is 6.92 Å². The van der Waals surface area contributed by atoms with E-state index in [4.69, 9.17) is 9.47 Å². The molecular formula is C21H17FN2O5. The molecule has 0 fully saturated rings. The summed E-state index contributed by atoms with van der Waals surface area (Å²) < 4.78 is 26.3. The largest absolute Gasteiger partial charge is 0.494 e. The van der Waals surface area contributed by atoms with Gasteiger partial charge in [0.25, 0.3) is 5.56 Å². The Bertz CT molecular complexity index is 1280. The molecule has 0 unspecified atom stereocenters. The first kappa shape index (κ1) is 17.8. The summed E-state index contributed by atoms with van der Waals surface area (Å²) in [4.78, 5) is 29.8. The number of rotatable bonds is 2. The summed E-state index contributed by atoms with van der Waals surface area (Å²) in [7, 11) is 1.38. The number of halogens is 1. The molecule has 0 bridgehead atoms. The molecule has 0 aliphatic carbocycles. The molecule has 0 spiro atoms. The van der Waals surface area contributed by atoms with Gasteiger partial charge in [0.15, 0.2) is 17.2 Å². The number of nitrogens with zero attached hydrogens (tertiary/aromatic N) is 2. The van der Waals surface area contributed by atoms with Crippen LogP contribution in [0.25, 0.3) is 22.3 Å². The molecule has 2 aliphatic heterocycles. The summed E-state index contributed by atoms with van der Waals surface area (Å²) >= 11 is 0. The van der Waals surface area contributed by atoms with Crippen LogP contribution in [0.5, 0.6) is 5.75 Å². The Labute approximate surface area is 164 Å². The maximum atomic E-state index is 14.7. The van der Waals surface area contributed by atoms with Crippen LogP contribution in [0, 0.1) is 5.82 Å². The molecule has 8 heteroatoms. The third-order valence-electron chi connectivity index (χ3n) is 5.80. The summed E-state index contributed by atoms with van der Waals surface area (Å²) in [5.74, 6) is -1.29. The van der Waals surface area contributed by atoms with Gasteiger partial charge in [-0.2, -0.15) is 0 Å². The zero-order chi connectivity index (χ0) is 20.5. The first-order valence-corrected chi connectivity index (χ1v) is 9.22. The molecule has 2 aromatic heterocycles. The van der Waals surface area contributed by atoms with Crippen molar-refractivity contribution in [2.45, 2.75) is 32.1 Å². The fraction of sp³-hybridized carbons (Fsp3) is 0.286. The number of aromatic nitrogens is 2. The maximum Gasteiger partial charge on any atom is 0.343 e. The number of methoxy groups -OCH3 is 1. The molecule has 2 aliphatic rings. The average molecular weight is 396 g/mol. The van der Waals surface area contributed by atoms with E-state index in [2.05, 4.69) is 4.98 Å². The summed E-state index contributed by atoms with van der Waals surface area (Å²) in [5, 5.41) is 11.5. The van der Waals surface area contributed by atoms with Gasteiger partial charge in [0.2, 0.25) is 0 Å². The summed E-state index contributed by atoms with van der Waals surface area (Å²) in [6.45, 7) is 1.72. The number of fused-ring (bicyclic) bond motifs is 5. The topological polar surface area (TPSA) is 90.7 Å². The Morgan fingerprint density at radius 3 is 2.86 bits per heavy atom. The van der Waals surface area contributed by atoms with Gasteiger partial charge in [0.05, 0.1) is 30.6 Å². The molecule has 7 nitrogen and oxygen atoms in total. The van der Waals surface area contributed by atoms with Crippen LogP contribution in [-0.2, 0) is 28.3 Å². The van der Waals surface area contributed by atoms with E-state index in [1.54, 1.807) is 25.1 Å². The van der Waals surface area contributed by atoms with E-state index in [1.807, 2.05) is 0 Å². The number of hydrogen-bond donors (Lipinski definition) is 1. The number of carbonyl (C=O) groups is 1. The number of cyclic esters (lactones) is 1. The van der Waals surface area contributed by atoms with E-state index >= 15 is 0 Å². The number of pyridine rings is 2. The van der Waals surface area contributed by atoms with E-state index in [9.17, 15) is 19.1 Å². The molecule has 0 saturated heterocycles. The van der Waals surface area contributed by atoms with E-state index in [0.29, 0.717) is 16.8 Å². The first-order chi connectivity index (χ1) is 13.9. The quantitative estimate of drug-likeness (QED) is 0.523. The normalized spacial score (nSPS) is 19.5. The lowest BCUT2D eigenvalue weighted by molar-refractivity contribution is -0.172. The van der Waals surface area contributed by atoms with Crippen LogP contribution in [-0.4, -0.2) is 27.7 Å². The Balaban J connectivity index is 1.80. The van der Waals surface area contributed by atoms with Crippen molar-refractivity contribution in [3.05, 3.63) is 57.1 Å². The smallest absolute Gasteiger partial charge is 0.343 e. The first-order valence-electron chi connectivity index (χ1n) is 9.22. The average Bonchev–Trinajstić information content (AvgIpc) is 3.08. The highest BCUT2D eigenvalue weighted by Gasteiger charge is 2.45. The predicted molar refractivity (Wildman–Crippen MR) is 101 cm³/mol. The van der Waals surface area contributed by atoms with Gasteiger partial charge in [-0.25, -0.2) is 14.2 Å². The lowest BCUT2D eigenvalue weighted by Gasteiger charge is -2.31. The van der Waals surface area contributed by atoms with Crippen LogP contribution in [0.3, 0.4) is 0 Å². The van der Waals surface area contributed by atoms with Crippen molar-refractivity contribution in [2.75, 3.05) is 7.11 Å². The molecule has 1 N–H and O–H groups in total. The third kappa shape index (κ3) is 2.23. The molecule has 0 saturated carbocycles. The van der Waals surface area contributed by atoms with Gasteiger partial charge in [0, 0.05) is 16.5 Å². The Hall–Kier alpha value is -3.26. The predicted octanol–water partition coefficient (Wildman–Crippen LogP) is 2.23. The highest BCUT2D eigenvalue weighted by molar-refractivity contribution is 5.87. The standard InChI is InChI=1S/C21H17FN2O5/c1-3-21(27)13-7-14-17-11(8-24(14)19(25)12(13)9-29-20(21)26)6-10-4-5-15(28-2)16(22)18(10)23-17/h4-7,27H,3,8-9H2,1-2H3/t21-/m0/s1. The molecule has 3 aromatic rings. The molecule has 29 heavy (non-hydrogen) atoms. The fourth-order valence-electron chi connectivity index (χ4n) is 4.15. The maximum absolute atomic E-state index is 14.7. The summed E-state index contributed by atoms with van der Waals surface area (Å²) in [5.41, 5.74) is 0.0153. The number of benzene rings is 1. The van der Waals surface area contributed by atoms with Gasteiger partial charge < -0.3 is 19.1 Å². The third-order valence-corrected chi connectivity index (χ3v) is 5.80. The molecule has 1 aromatic carbocycles. The molecule has 0 radical (unpaired) electrons. The van der Waals surface area contributed by atoms with Gasteiger partial charge in [-0.05, 0) is 30.7 Å². The van der Waals surface area contributed by atoms with E-state index < -0.39 is 17.4 Å². The van der Waals surface area contributed by atoms with Gasteiger partial charge >= 0.3 is 5.97 Å². The SMILES string of the molecule is CC[C@@]1(O)C(=O)OCc2c1cc1n(c2=O)Cc2cc3ccc(OC)c(F)c3nc2-1. The van der Waals surface area contributed by atoms with Crippen molar-refractivity contribution in [2.24, 2.45) is 0 Å². The molecular weight excluding hydrogens is 379 g/mol. The minimum absolute atomic E-state index is 0.0611. The number of aliphatic hydroxyl groups is 1. The van der Waals surface area contributed by atoms with Crippen molar-refractivity contribution in [1.29, 1.82) is 0 Å². The lowest BCUT2D eigenvalue weighted by Crippen LogP contribution is -2.44. The zero-order valence-electron chi connectivity index (χ0n) is 15.8. The second kappa shape index (κ2) is 5.87. The van der Waals surface area contributed by atoms with Gasteiger partial charge in [0.1, 0.15) is 12.1 Å². The van der Waals surface area contributed by atoms with Crippen molar-refractivity contribution >= 4 is 16.9 Å². The van der Waals surface area contributed by atoms with Crippen molar-refractivity contribution in [3.8, 4) is 17.1 Å². The van der Waals surface area contributed by atoms with E-state index in [0.717, 1.165) is 5.56 Å². The number of carbonyl (C=O) groups excluding carboxylic acids is 1. The molecule has 0 amide bonds. The Morgan fingerprint density at radius 2 is 2.14 bits per heavy atom.